The Morgan fingerprint density at radius 2 is 2.06 bits per heavy atom. The van der Waals surface area contributed by atoms with Crippen LogP contribution in [0.15, 0.2) is 24.5 Å². The molecule has 0 radical (unpaired) electrons. The quantitative estimate of drug-likeness (QED) is 0.780. The Labute approximate surface area is 93.5 Å². The van der Waals surface area contributed by atoms with Crippen molar-refractivity contribution < 1.29 is 14.7 Å². The van der Waals surface area contributed by atoms with E-state index in [4.69, 9.17) is 5.11 Å². The summed E-state index contributed by atoms with van der Waals surface area (Å²) in [5.41, 5.74) is 0.525. The fraction of sp³-hybridized carbons (Fsp3) is 0.364. The first-order valence-electron chi connectivity index (χ1n) is 5.02. The van der Waals surface area contributed by atoms with Crippen molar-refractivity contribution in [3.05, 3.63) is 30.1 Å². The van der Waals surface area contributed by atoms with Crippen LogP contribution in [0.5, 0.6) is 0 Å². The number of carboxylic acids is 1. The van der Waals surface area contributed by atoms with Gasteiger partial charge < -0.3 is 10.4 Å². The van der Waals surface area contributed by atoms with Gasteiger partial charge in [0.05, 0.1) is 0 Å². The van der Waals surface area contributed by atoms with Gasteiger partial charge in [-0.05, 0) is 25.5 Å². The number of nitrogens with zero attached hydrogens (tertiary/aromatic N) is 1. The molecule has 86 valence electrons. The lowest BCUT2D eigenvalue weighted by molar-refractivity contribution is -0.137. The lowest BCUT2D eigenvalue weighted by Crippen LogP contribution is -2.32. The van der Waals surface area contributed by atoms with Crippen molar-refractivity contribution in [3.63, 3.8) is 0 Å². The summed E-state index contributed by atoms with van der Waals surface area (Å²) >= 11 is 0. The van der Waals surface area contributed by atoms with Gasteiger partial charge >= 0.3 is 5.97 Å². The summed E-state index contributed by atoms with van der Waals surface area (Å²) < 4.78 is 0. The zero-order valence-corrected chi connectivity index (χ0v) is 9.01. The topological polar surface area (TPSA) is 79.3 Å². The smallest absolute Gasteiger partial charge is 0.303 e. The molecule has 1 aromatic rings. The largest absolute Gasteiger partial charge is 0.481 e. The number of hydrogen-bond donors (Lipinski definition) is 2. The van der Waals surface area contributed by atoms with Crippen LogP contribution in [0, 0.1) is 0 Å². The third-order valence-electron chi connectivity index (χ3n) is 2.11. The number of aromatic nitrogens is 1. The molecule has 1 heterocycles. The van der Waals surface area contributed by atoms with Crippen molar-refractivity contribution in [1.82, 2.24) is 10.3 Å². The summed E-state index contributed by atoms with van der Waals surface area (Å²) in [5.74, 6) is -1.06. The molecular weight excluding hydrogens is 208 g/mol. The summed E-state index contributed by atoms with van der Waals surface area (Å²) in [4.78, 5) is 25.8. The van der Waals surface area contributed by atoms with Gasteiger partial charge in [0.15, 0.2) is 0 Å². The van der Waals surface area contributed by atoms with Crippen molar-refractivity contribution >= 4 is 11.9 Å². The standard InChI is InChI=1S/C11H14N2O3/c1-8(2-3-10(14)15)13-11(16)9-4-6-12-7-5-9/h4-8H,2-3H2,1H3,(H,13,16)(H,14,15)/t8-/m0/s1. The summed E-state index contributed by atoms with van der Waals surface area (Å²) in [7, 11) is 0. The normalized spacial score (nSPS) is 11.8. The second-order valence-corrected chi connectivity index (χ2v) is 3.54. The first kappa shape index (κ1) is 12.2. The number of nitrogens with one attached hydrogen (secondary N) is 1. The van der Waals surface area contributed by atoms with E-state index in [1.165, 1.54) is 12.4 Å². The van der Waals surface area contributed by atoms with Crippen molar-refractivity contribution in [1.29, 1.82) is 0 Å². The molecule has 0 fully saturated rings. The Morgan fingerprint density at radius 1 is 1.44 bits per heavy atom. The van der Waals surface area contributed by atoms with Crippen LogP contribution in [0.25, 0.3) is 0 Å². The number of carbonyl (C=O) groups excluding carboxylic acids is 1. The Morgan fingerprint density at radius 3 is 2.62 bits per heavy atom. The predicted molar refractivity (Wildman–Crippen MR) is 58.0 cm³/mol. The molecular formula is C11H14N2O3. The first-order valence-corrected chi connectivity index (χ1v) is 5.02. The minimum Gasteiger partial charge on any atom is -0.481 e. The number of carboxylic acid groups (broad SMARTS) is 1. The van der Waals surface area contributed by atoms with Gasteiger partial charge in [-0.1, -0.05) is 0 Å². The SMILES string of the molecule is C[C@@H](CCC(=O)O)NC(=O)c1ccncc1. The van der Waals surface area contributed by atoms with Gasteiger partial charge in [0.2, 0.25) is 0 Å². The molecule has 0 aliphatic rings. The van der Waals surface area contributed by atoms with E-state index in [0.717, 1.165) is 0 Å². The third kappa shape index (κ3) is 4.08. The molecule has 1 rings (SSSR count). The predicted octanol–water partition coefficient (Wildman–Crippen LogP) is 1.06. The van der Waals surface area contributed by atoms with Gasteiger partial charge in [-0.3, -0.25) is 14.6 Å². The Hall–Kier alpha value is -1.91. The molecule has 1 amide bonds. The average molecular weight is 222 g/mol. The van der Waals surface area contributed by atoms with E-state index in [-0.39, 0.29) is 18.4 Å². The van der Waals surface area contributed by atoms with E-state index in [1.54, 1.807) is 19.1 Å². The average Bonchev–Trinajstić information content (AvgIpc) is 2.27. The van der Waals surface area contributed by atoms with Crippen molar-refractivity contribution in [3.8, 4) is 0 Å². The second-order valence-electron chi connectivity index (χ2n) is 3.54. The molecule has 0 aromatic carbocycles. The number of carbonyl (C=O) groups is 2. The Kier molecular flexibility index (Phi) is 4.44. The minimum absolute atomic E-state index is 0.0534. The van der Waals surface area contributed by atoms with Crippen molar-refractivity contribution in [2.45, 2.75) is 25.8 Å². The minimum atomic E-state index is -0.856. The van der Waals surface area contributed by atoms with Crippen LogP contribution in [0.3, 0.4) is 0 Å². The Balaban J connectivity index is 2.43. The van der Waals surface area contributed by atoms with Crippen molar-refractivity contribution in [2.75, 3.05) is 0 Å². The van der Waals surface area contributed by atoms with E-state index in [2.05, 4.69) is 10.3 Å². The van der Waals surface area contributed by atoms with Gasteiger partial charge in [0.1, 0.15) is 0 Å². The molecule has 1 aromatic heterocycles. The molecule has 0 spiro atoms. The molecule has 0 unspecified atom stereocenters. The number of amides is 1. The second kappa shape index (κ2) is 5.85. The molecule has 5 heteroatoms. The molecule has 1 atom stereocenters. The van der Waals surface area contributed by atoms with Gasteiger partial charge in [0, 0.05) is 30.4 Å². The zero-order valence-electron chi connectivity index (χ0n) is 9.01. The van der Waals surface area contributed by atoms with Crippen molar-refractivity contribution in [2.24, 2.45) is 0 Å². The molecule has 2 N–H and O–H groups in total. The van der Waals surface area contributed by atoms with Crippen LogP contribution >= 0.6 is 0 Å². The van der Waals surface area contributed by atoms with Gasteiger partial charge in [0.25, 0.3) is 5.91 Å². The zero-order chi connectivity index (χ0) is 12.0. The lowest BCUT2D eigenvalue weighted by atomic mass is 10.1. The van der Waals surface area contributed by atoms with Crippen LogP contribution in [0.4, 0.5) is 0 Å². The highest BCUT2D eigenvalue weighted by Crippen LogP contribution is 2.00. The maximum atomic E-state index is 11.6. The molecule has 0 aliphatic carbocycles. The Bertz CT molecular complexity index is 365. The molecule has 0 aliphatic heterocycles. The van der Waals surface area contributed by atoms with E-state index in [9.17, 15) is 9.59 Å². The van der Waals surface area contributed by atoms with Crippen LogP contribution in [-0.4, -0.2) is 28.0 Å². The summed E-state index contributed by atoms with van der Waals surface area (Å²) in [6.45, 7) is 1.78. The van der Waals surface area contributed by atoms with Crippen LogP contribution < -0.4 is 5.32 Å². The van der Waals surface area contributed by atoms with Crippen LogP contribution in [0.2, 0.25) is 0 Å². The van der Waals surface area contributed by atoms with E-state index in [0.29, 0.717) is 12.0 Å². The summed E-state index contributed by atoms with van der Waals surface area (Å²) in [5, 5.41) is 11.2. The van der Waals surface area contributed by atoms with E-state index < -0.39 is 5.97 Å². The maximum Gasteiger partial charge on any atom is 0.303 e. The molecule has 5 nitrogen and oxygen atoms in total. The maximum absolute atomic E-state index is 11.6. The van der Waals surface area contributed by atoms with Crippen LogP contribution in [0.1, 0.15) is 30.1 Å². The lowest BCUT2D eigenvalue weighted by Gasteiger charge is -2.12. The van der Waals surface area contributed by atoms with Gasteiger partial charge in [-0.25, -0.2) is 0 Å². The monoisotopic (exact) mass is 222 g/mol. The van der Waals surface area contributed by atoms with Gasteiger partial charge in [-0.15, -0.1) is 0 Å². The summed E-state index contributed by atoms with van der Waals surface area (Å²) in [6, 6.07) is 3.06. The van der Waals surface area contributed by atoms with Gasteiger partial charge in [-0.2, -0.15) is 0 Å². The fourth-order valence-electron chi connectivity index (χ4n) is 1.22. The molecule has 0 bridgehead atoms. The highest BCUT2D eigenvalue weighted by atomic mass is 16.4. The van der Waals surface area contributed by atoms with E-state index in [1.807, 2.05) is 0 Å². The first-order chi connectivity index (χ1) is 7.59. The summed E-state index contributed by atoms with van der Waals surface area (Å²) in [6.07, 6.45) is 3.55. The highest BCUT2D eigenvalue weighted by molar-refractivity contribution is 5.94. The molecule has 0 saturated heterocycles. The number of pyridine rings is 1. The fourth-order valence-corrected chi connectivity index (χ4v) is 1.22. The number of hydrogen-bond acceptors (Lipinski definition) is 3. The number of rotatable bonds is 5. The molecule has 0 saturated carbocycles. The van der Waals surface area contributed by atoms with E-state index >= 15 is 0 Å². The highest BCUT2D eigenvalue weighted by Gasteiger charge is 2.10. The third-order valence-corrected chi connectivity index (χ3v) is 2.11. The number of aliphatic carboxylic acids is 1. The molecule has 16 heavy (non-hydrogen) atoms. The van der Waals surface area contributed by atoms with Crippen LogP contribution in [-0.2, 0) is 4.79 Å².